The molecule has 0 N–H and O–H groups in total. The van der Waals surface area contributed by atoms with E-state index >= 15 is 0 Å². The Kier molecular flexibility index (Phi) is 4.18. The predicted molar refractivity (Wildman–Crippen MR) is 143 cm³/mol. The molecule has 0 spiro atoms. The molecule has 2 nitrogen and oxygen atoms in total. The van der Waals surface area contributed by atoms with Crippen molar-refractivity contribution in [2.75, 3.05) is 0 Å². The highest BCUT2D eigenvalue weighted by molar-refractivity contribution is 6.20. The average Bonchev–Trinajstić information content (AvgIpc) is 3.49. The Hall–Kier alpha value is -4.56. The highest BCUT2D eigenvalue weighted by atomic mass is 15.0. The zero-order chi connectivity index (χ0) is 22.5. The molecule has 2 aromatic heterocycles. The van der Waals surface area contributed by atoms with Gasteiger partial charge in [0.2, 0.25) is 0 Å². The lowest BCUT2D eigenvalue weighted by atomic mass is 10.1. The molecule has 0 aliphatic heterocycles. The van der Waals surface area contributed by atoms with E-state index < -0.39 is 0 Å². The van der Waals surface area contributed by atoms with Gasteiger partial charge in [0.05, 0.1) is 16.6 Å². The minimum Gasteiger partial charge on any atom is -0.316 e. The SMILES string of the molecule is c1ccc(-c2cccc(-n3c4ccccc4c4c5c(ccc43)ccn5-c3ccccc3)c2)cc1. The molecule has 0 fully saturated rings. The third kappa shape index (κ3) is 2.82. The molecule has 0 aliphatic carbocycles. The molecule has 0 amide bonds. The van der Waals surface area contributed by atoms with Crippen molar-refractivity contribution in [1.29, 1.82) is 0 Å². The fourth-order valence-electron chi connectivity index (χ4n) is 5.22. The molecule has 34 heavy (non-hydrogen) atoms. The van der Waals surface area contributed by atoms with E-state index in [1.54, 1.807) is 0 Å². The van der Waals surface area contributed by atoms with E-state index in [2.05, 4.69) is 143 Å². The lowest BCUT2D eigenvalue weighted by molar-refractivity contribution is 1.13. The van der Waals surface area contributed by atoms with Gasteiger partial charge in [-0.15, -0.1) is 0 Å². The Morgan fingerprint density at radius 2 is 1.18 bits per heavy atom. The molecule has 0 unspecified atom stereocenters. The zero-order valence-corrected chi connectivity index (χ0v) is 18.6. The molecule has 0 aliphatic rings. The fourth-order valence-corrected chi connectivity index (χ4v) is 5.22. The van der Waals surface area contributed by atoms with Crippen molar-refractivity contribution in [3.8, 4) is 22.5 Å². The standard InChI is InChI=1S/C32H22N2/c1-3-10-23(11-4-1)25-12-9-15-27(22-25)34-29-17-8-7-16-28(29)31-30(34)19-18-24-20-21-33(32(24)31)26-13-5-2-6-14-26/h1-22H. The molecule has 5 aromatic carbocycles. The summed E-state index contributed by atoms with van der Waals surface area (Å²) in [6, 6.07) is 45.5. The van der Waals surface area contributed by atoms with Crippen LogP contribution in [0, 0.1) is 0 Å². The van der Waals surface area contributed by atoms with Gasteiger partial charge in [-0.1, -0.05) is 84.9 Å². The molecular formula is C32H22N2. The predicted octanol–water partition coefficient (Wildman–Crippen LogP) is 8.39. The van der Waals surface area contributed by atoms with Gasteiger partial charge in [-0.25, -0.2) is 0 Å². The first-order chi connectivity index (χ1) is 16.9. The van der Waals surface area contributed by atoms with Crippen molar-refractivity contribution in [3.63, 3.8) is 0 Å². The summed E-state index contributed by atoms with van der Waals surface area (Å²) in [5, 5.41) is 3.80. The summed E-state index contributed by atoms with van der Waals surface area (Å²) in [4.78, 5) is 0. The maximum atomic E-state index is 2.40. The van der Waals surface area contributed by atoms with Gasteiger partial charge in [0.25, 0.3) is 0 Å². The first-order valence-corrected chi connectivity index (χ1v) is 11.6. The van der Waals surface area contributed by atoms with Crippen molar-refractivity contribution in [2.24, 2.45) is 0 Å². The van der Waals surface area contributed by atoms with Crippen LogP contribution in [-0.4, -0.2) is 9.13 Å². The van der Waals surface area contributed by atoms with Crippen LogP contribution in [0.25, 0.3) is 55.2 Å². The average molecular weight is 435 g/mol. The van der Waals surface area contributed by atoms with E-state index in [0.29, 0.717) is 0 Å². The van der Waals surface area contributed by atoms with Crippen molar-refractivity contribution in [3.05, 3.63) is 134 Å². The van der Waals surface area contributed by atoms with Crippen molar-refractivity contribution in [1.82, 2.24) is 9.13 Å². The van der Waals surface area contributed by atoms with E-state index in [-0.39, 0.29) is 0 Å². The first-order valence-electron chi connectivity index (χ1n) is 11.6. The highest BCUT2D eigenvalue weighted by Gasteiger charge is 2.17. The number of hydrogen-bond donors (Lipinski definition) is 0. The molecule has 0 radical (unpaired) electrons. The summed E-state index contributed by atoms with van der Waals surface area (Å²) in [6.07, 6.45) is 2.18. The second-order valence-electron chi connectivity index (χ2n) is 8.69. The van der Waals surface area contributed by atoms with Crippen LogP contribution >= 0.6 is 0 Å². The van der Waals surface area contributed by atoms with E-state index in [0.717, 1.165) is 0 Å². The third-order valence-electron chi connectivity index (χ3n) is 6.73. The Morgan fingerprint density at radius 3 is 2.03 bits per heavy atom. The smallest absolute Gasteiger partial charge is 0.0628 e. The quantitative estimate of drug-likeness (QED) is 0.264. The van der Waals surface area contributed by atoms with Gasteiger partial charge in [-0.2, -0.15) is 0 Å². The summed E-state index contributed by atoms with van der Waals surface area (Å²) in [7, 11) is 0. The Bertz CT molecular complexity index is 1790. The number of benzene rings is 5. The maximum absolute atomic E-state index is 2.40. The number of fused-ring (bicyclic) bond motifs is 5. The number of rotatable bonds is 3. The van der Waals surface area contributed by atoms with Gasteiger partial charge in [-0.05, 0) is 53.6 Å². The summed E-state index contributed by atoms with van der Waals surface area (Å²) < 4.78 is 4.72. The van der Waals surface area contributed by atoms with Gasteiger partial charge in [-0.3, -0.25) is 0 Å². The third-order valence-corrected chi connectivity index (χ3v) is 6.73. The van der Waals surface area contributed by atoms with Crippen LogP contribution in [0.1, 0.15) is 0 Å². The summed E-state index contributed by atoms with van der Waals surface area (Å²) >= 11 is 0. The molecule has 0 saturated heterocycles. The zero-order valence-electron chi connectivity index (χ0n) is 18.6. The van der Waals surface area contributed by atoms with Gasteiger partial charge < -0.3 is 9.13 Å². The summed E-state index contributed by atoms with van der Waals surface area (Å²) in [5.41, 5.74) is 8.48. The Labute approximate surface area is 197 Å². The second-order valence-corrected chi connectivity index (χ2v) is 8.69. The maximum Gasteiger partial charge on any atom is 0.0628 e. The summed E-state index contributed by atoms with van der Waals surface area (Å²) in [5.74, 6) is 0. The lowest BCUT2D eigenvalue weighted by Crippen LogP contribution is -1.95. The minimum atomic E-state index is 1.17. The van der Waals surface area contributed by atoms with E-state index in [9.17, 15) is 0 Å². The van der Waals surface area contributed by atoms with Crippen LogP contribution in [0.4, 0.5) is 0 Å². The fraction of sp³-hybridized carbons (Fsp3) is 0. The van der Waals surface area contributed by atoms with Gasteiger partial charge in [0.1, 0.15) is 0 Å². The number of aromatic nitrogens is 2. The van der Waals surface area contributed by atoms with Crippen LogP contribution in [0.15, 0.2) is 134 Å². The topological polar surface area (TPSA) is 9.86 Å². The molecule has 7 aromatic rings. The van der Waals surface area contributed by atoms with Crippen LogP contribution in [0.2, 0.25) is 0 Å². The largest absolute Gasteiger partial charge is 0.316 e. The second kappa shape index (κ2) is 7.50. The van der Waals surface area contributed by atoms with Gasteiger partial charge in [0, 0.05) is 33.7 Å². The molecule has 2 heterocycles. The molecule has 2 heteroatoms. The van der Waals surface area contributed by atoms with Gasteiger partial charge >= 0.3 is 0 Å². The van der Waals surface area contributed by atoms with E-state index in [4.69, 9.17) is 0 Å². The molecule has 160 valence electrons. The van der Waals surface area contributed by atoms with Crippen molar-refractivity contribution < 1.29 is 0 Å². The first kappa shape index (κ1) is 19.0. The lowest BCUT2D eigenvalue weighted by Gasteiger charge is -2.11. The van der Waals surface area contributed by atoms with Gasteiger partial charge in [0.15, 0.2) is 0 Å². The number of nitrogens with zero attached hydrogens (tertiary/aromatic N) is 2. The van der Waals surface area contributed by atoms with Crippen molar-refractivity contribution in [2.45, 2.75) is 0 Å². The van der Waals surface area contributed by atoms with Crippen LogP contribution in [-0.2, 0) is 0 Å². The normalized spacial score (nSPS) is 11.5. The summed E-state index contributed by atoms with van der Waals surface area (Å²) in [6.45, 7) is 0. The van der Waals surface area contributed by atoms with Crippen LogP contribution < -0.4 is 0 Å². The molecular weight excluding hydrogens is 412 g/mol. The highest BCUT2D eigenvalue weighted by Crippen LogP contribution is 2.38. The molecule has 7 rings (SSSR count). The molecule has 0 bridgehead atoms. The van der Waals surface area contributed by atoms with Crippen molar-refractivity contribution >= 4 is 32.7 Å². The van der Waals surface area contributed by atoms with Crippen LogP contribution in [0.5, 0.6) is 0 Å². The Balaban J connectivity index is 1.57. The number of hydrogen-bond acceptors (Lipinski definition) is 0. The number of para-hydroxylation sites is 2. The van der Waals surface area contributed by atoms with E-state index in [1.807, 2.05) is 0 Å². The Morgan fingerprint density at radius 1 is 0.471 bits per heavy atom. The van der Waals surface area contributed by atoms with Crippen LogP contribution in [0.3, 0.4) is 0 Å². The monoisotopic (exact) mass is 434 g/mol. The van der Waals surface area contributed by atoms with E-state index in [1.165, 1.54) is 55.2 Å². The molecule has 0 atom stereocenters. The minimum absolute atomic E-state index is 1.17. The molecule has 0 saturated carbocycles.